The number of amides is 1. The number of methoxy groups -OCH3 is 1. The van der Waals surface area contributed by atoms with Gasteiger partial charge in [-0.15, -0.1) is 0 Å². The number of fused-ring (bicyclic) bond motifs is 2. The number of halogens is 3. The molecule has 0 spiro atoms. The van der Waals surface area contributed by atoms with E-state index in [1.54, 1.807) is 6.07 Å². The quantitative estimate of drug-likeness (QED) is 0.592. The first-order chi connectivity index (χ1) is 14.9. The molecule has 0 saturated heterocycles. The molecule has 5 rings (SSSR count). The van der Waals surface area contributed by atoms with Crippen LogP contribution in [0.25, 0.3) is 0 Å². The zero-order chi connectivity index (χ0) is 22.0. The molecule has 31 heavy (non-hydrogen) atoms. The molecule has 166 valence electrons. The van der Waals surface area contributed by atoms with E-state index in [2.05, 4.69) is 10.6 Å². The van der Waals surface area contributed by atoms with Crippen LogP contribution in [0.4, 0.5) is 8.78 Å². The third kappa shape index (κ3) is 4.93. The summed E-state index contributed by atoms with van der Waals surface area (Å²) in [5.74, 6) is 0.511. The Labute approximate surface area is 185 Å². The van der Waals surface area contributed by atoms with E-state index < -0.39 is 11.6 Å². The Morgan fingerprint density at radius 1 is 1.10 bits per heavy atom. The van der Waals surface area contributed by atoms with Gasteiger partial charge in [0.15, 0.2) is 0 Å². The zero-order valence-corrected chi connectivity index (χ0v) is 17.9. The molecular weight excluding hydrogens is 426 g/mol. The van der Waals surface area contributed by atoms with E-state index in [0.29, 0.717) is 36.5 Å². The summed E-state index contributed by atoms with van der Waals surface area (Å²) in [5, 5.41) is 6.64. The van der Waals surface area contributed by atoms with Gasteiger partial charge < -0.3 is 20.1 Å². The van der Waals surface area contributed by atoms with Crippen molar-refractivity contribution in [3.8, 4) is 11.5 Å². The van der Waals surface area contributed by atoms with Gasteiger partial charge in [-0.05, 0) is 61.4 Å². The van der Waals surface area contributed by atoms with Crippen LogP contribution < -0.4 is 20.1 Å². The molecule has 3 aliphatic rings. The van der Waals surface area contributed by atoms with E-state index in [1.807, 2.05) is 0 Å². The van der Waals surface area contributed by atoms with Crippen LogP contribution in [0.2, 0.25) is 5.02 Å². The maximum absolute atomic E-state index is 13.6. The molecule has 2 aromatic carbocycles. The maximum Gasteiger partial charge on any atom is 0.255 e. The Bertz CT molecular complexity index is 952. The lowest BCUT2D eigenvalue weighted by Gasteiger charge is -2.51. The topological polar surface area (TPSA) is 59.6 Å². The minimum atomic E-state index is -0.506. The Kier molecular flexibility index (Phi) is 6.62. The van der Waals surface area contributed by atoms with E-state index >= 15 is 0 Å². The maximum atomic E-state index is 13.6. The number of benzene rings is 2. The van der Waals surface area contributed by atoms with Gasteiger partial charge in [0.2, 0.25) is 0 Å². The second-order valence-corrected chi connectivity index (χ2v) is 8.54. The highest BCUT2D eigenvalue weighted by molar-refractivity contribution is 6.30. The van der Waals surface area contributed by atoms with Crippen molar-refractivity contribution in [3.63, 3.8) is 0 Å². The summed E-state index contributed by atoms with van der Waals surface area (Å²) in [6.07, 6.45) is 2.90. The highest BCUT2D eigenvalue weighted by Gasteiger charge is 2.46. The van der Waals surface area contributed by atoms with E-state index in [4.69, 9.17) is 21.1 Å². The lowest BCUT2D eigenvalue weighted by atomic mass is 9.60. The largest absolute Gasteiger partial charge is 0.496 e. The fraction of sp³-hybridized carbons (Fsp3) is 0.435. The highest BCUT2D eigenvalue weighted by atomic mass is 35.5. The summed E-state index contributed by atoms with van der Waals surface area (Å²) in [6.45, 7) is 1.000. The molecule has 0 aliphatic heterocycles. The molecule has 2 atom stereocenters. The van der Waals surface area contributed by atoms with E-state index in [1.165, 1.54) is 37.4 Å². The molecule has 1 unspecified atom stereocenters. The number of carbonyl (C=O) groups excluding carboxylic acids is 1. The van der Waals surface area contributed by atoms with Gasteiger partial charge in [0.25, 0.3) is 5.91 Å². The van der Waals surface area contributed by atoms with Gasteiger partial charge in [-0.1, -0.05) is 11.6 Å². The summed E-state index contributed by atoms with van der Waals surface area (Å²) in [4.78, 5) is 12.7. The number of rotatable bonds is 8. The lowest BCUT2D eigenvalue weighted by Crippen LogP contribution is -2.59. The van der Waals surface area contributed by atoms with Gasteiger partial charge >= 0.3 is 0 Å². The van der Waals surface area contributed by atoms with Crippen LogP contribution in [0.15, 0.2) is 36.4 Å². The average molecular weight is 451 g/mol. The van der Waals surface area contributed by atoms with Crippen molar-refractivity contribution in [1.29, 1.82) is 0 Å². The van der Waals surface area contributed by atoms with Gasteiger partial charge in [0.05, 0.1) is 17.7 Å². The molecule has 0 radical (unpaired) electrons. The molecule has 3 fully saturated rings. The number of ether oxygens (including phenoxy) is 2. The first-order valence-corrected chi connectivity index (χ1v) is 10.8. The summed E-state index contributed by atoms with van der Waals surface area (Å²) >= 11 is 5.68. The number of hydrogen-bond donors (Lipinski definition) is 2. The van der Waals surface area contributed by atoms with Crippen molar-refractivity contribution in [2.24, 2.45) is 11.8 Å². The second-order valence-electron chi connectivity index (χ2n) is 8.14. The number of carbonyl (C=O) groups is 1. The van der Waals surface area contributed by atoms with Gasteiger partial charge in [0.1, 0.15) is 29.7 Å². The summed E-state index contributed by atoms with van der Waals surface area (Å²) in [5.41, 5.74) is 0.206. The summed E-state index contributed by atoms with van der Waals surface area (Å²) in [6, 6.07) is 8.59. The summed E-state index contributed by atoms with van der Waals surface area (Å²) < 4.78 is 37.9. The predicted molar refractivity (Wildman–Crippen MR) is 114 cm³/mol. The molecule has 3 saturated carbocycles. The summed E-state index contributed by atoms with van der Waals surface area (Å²) in [7, 11) is 1.46. The molecule has 3 aliphatic carbocycles. The Hall–Kier alpha value is -2.38. The molecule has 2 N–H and O–H groups in total. The van der Waals surface area contributed by atoms with Crippen LogP contribution in [0, 0.1) is 23.5 Å². The van der Waals surface area contributed by atoms with Crippen LogP contribution in [0.5, 0.6) is 11.5 Å². The average Bonchev–Trinajstić information content (AvgIpc) is 2.72. The number of hydrogen-bond acceptors (Lipinski definition) is 4. The van der Waals surface area contributed by atoms with Gasteiger partial charge in [0, 0.05) is 24.7 Å². The third-order valence-electron chi connectivity index (χ3n) is 6.25. The number of nitrogens with one attached hydrogen (secondary N) is 2. The van der Waals surface area contributed by atoms with E-state index in [0.717, 1.165) is 19.3 Å². The first kappa shape index (κ1) is 21.8. The van der Waals surface area contributed by atoms with Crippen molar-refractivity contribution < 1.29 is 23.0 Å². The van der Waals surface area contributed by atoms with Gasteiger partial charge in [-0.25, -0.2) is 8.78 Å². The van der Waals surface area contributed by atoms with Crippen LogP contribution in [-0.4, -0.2) is 38.3 Å². The fourth-order valence-corrected chi connectivity index (χ4v) is 4.65. The van der Waals surface area contributed by atoms with Crippen molar-refractivity contribution in [2.45, 2.75) is 31.3 Å². The van der Waals surface area contributed by atoms with Crippen molar-refractivity contribution in [3.05, 3.63) is 58.6 Å². The molecular formula is C23H25ClF2N2O3. The Morgan fingerprint density at radius 3 is 2.61 bits per heavy atom. The van der Waals surface area contributed by atoms with E-state index in [-0.39, 0.29) is 28.6 Å². The van der Waals surface area contributed by atoms with Crippen LogP contribution in [-0.2, 0) is 0 Å². The van der Waals surface area contributed by atoms with E-state index in [9.17, 15) is 13.6 Å². The first-order valence-electron chi connectivity index (χ1n) is 10.4. The van der Waals surface area contributed by atoms with Gasteiger partial charge in [-0.3, -0.25) is 4.79 Å². The Morgan fingerprint density at radius 2 is 1.87 bits per heavy atom. The minimum absolute atomic E-state index is 0.0225. The lowest BCUT2D eigenvalue weighted by molar-refractivity contribution is 0.0343. The molecule has 0 aromatic heterocycles. The third-order valence-corrected chi connectivity index (χ3v) is 6.55. The molecule has 1 amide bonds. The minimum Gasteiger partial charge on any atom is -0.496 e. The predicted octanol–water partition coefficient (Wildman–Crippen LogP) is 4.19. The second kappa shape index (κ2) is 9.40. The monoisotopic (exact) mass is 450 g/mol. The molecule has 5 nitrogen and oxygen atoms in total. The van der Waals surface area contributed by atoms with Crippen LogP contribution >= 0.6 is 11.6 Å². The van der Waals surface area contributed by atoms with Crippen molar-refractivity contribution in [2.75, 3.05) is 20.3 Å². The van der Waals surface area contributed by atoms with Gasteiger partial charge in [-0.2, -0.15) is 0 Å². The Balaban J connectivity index is 1.28. The molecule has 0 heterocycles. The highest BCUT2D eigenvalue weighted by Crippen LogP contribution is 2.45. The smallest absolute Gasteiger partial charge is 0.255 e. The molecule has 8 heteroatoms. The van der Waals surface area contributed by atoms with Crippen LogP contribution in [0.3, 0.4) is 0 Å². The fourth-order valence-electron chi connectivity index (χ4n) is 4.53. The normalized spacial score (nSPS) is 24.3. The van der Waals surface area contributed by atoms with Crippen LogP contribution in [0.1, 0.15) is 29.6 Å². The zero-order valence-electron chi connectivity index (χ0n) is 17.2. The van der Waals surface area contributed by atoms with Crippen molar-refractivity contribution in [1.82, 2.24) is 10.6 Å². The van der Waals surface area contributed by atoms with Crippen molar-refractivity contribution >= 4 is 17.5 Å². The molecule has 2 aromatic rings. The standard InChI is InChI=1S/C23H25ClF2N2O3/c1-30-22-5-2-15(25)10-17(22)23(29)28-21-12-20(13-8-14(21)9-13)27-6-7-31-16-3-4-18(24)19(26)11-16/h2-5,10-11,13-14,20-21,27H,6-9,12H2,1H3,(H,28,29)/t13?,14?,20-,21?/m0/s1. The SMILES string of the molecule is COc1ccc(F)cc1C(=O)NC1C[C@H](NCCOc2ccc(Cl)c(F)c2)C2CC1C2. The molecule has 2 bridgehead atoms.